The summed E-state index contributed by atoms with van der Waals surface area (Å²) in [5, 5.41) is 15.9. The summed E-state index contributed by atoms with van der Waals surface area (Å²) in [6.45, 7) is 6.22. The minimum absolute atomic E-state index is 0.0273. The minimum Gasteiger partial charge on any atom is -0.494 e. The number of carboxylic acid groups (broad SMARTS) is 1. The van der Waals surface area contributed by atoms with E-state index in [4.69, 9.17) is 9.84 Å². The largest absolute Gasteiger partial charge is 0.494 e. The molecule has 0 radical (unpaired) electrons. The summed E-state index contributed by atoms with van der Waals surface area (Å²) in [4.78, 5) is 22.7. The van der Waals surface area contributed by atoms with Crippen LogP contribution < -0.4 is 10.1 Å². The maximum absolute atomic E-state index is 12.2. The molecular weight excluding hydrogens is 334 g/mol. The van der Waals surface area contributed by atoms with Crippen LogP contribution in [0.3, 0.4) is 0 Å². The lowest BCUT2D eigenvalue weighted by Gasteiger charge is -2.14. The number of benzene rings is 1. The Morgan fingerprint density at radius 1 is 1.27 bits per heavy atom. The number of ether oxygens (including phenoxy) is 1. The smallest absolute Gasteiger partial charge is 0.303 e. The number of carboxylic acids is 1. The fourth-order valence-corrected chi connectivity index (χ4v) is 2.71. The molecule has 1 aromatic heterocycles. The molecule has 0 saturated carbocycles. The number of nitrogens with one attached hydrogen (secondary N) is 1. The van der Waals surface area contributed by atoms with Crippen molar-refractivity contribution in [3.8, 4) is 5.75 Å². The van der Waals surface area contributed by atoms with Gasteiger partial charge in [-0.05, 0) is 57.5 Å². The van der Waals surface area contributed by atoms with E-state index >= 15 is 0 Å². The van der Waals surface area contributed by atoms with Crippen LogP contribution in [0.2, 0.25) is 0 Å². The van der Waals surface area contributed by atoms with E-state index in [-0.39, 0.29) is 18.4 Å². The normalized spacial score (nSPS) is 11.8. The molecule has 7 nitrogen and oxygen atoms in total. The van der Waals surface area contributed by atoms with Gasteiger partial charge in [0.1, 0.15) is 5.75 Å². The summed E-state index contributed by atoms with van der Waals surface area (Å²) in [5.41, 5.74) is 2.66. The average molecular weight is 359 g/mol. The van der Waals surface area contributed by atoms with Gasteiger partial charge in [0.25, 0.3) is 0 Å². The van der Waals surface area contributed by atoms with Gasteiger partial charge in [0.15, 0.2) is 0 Å². The summed E-state index contributed by atoms with van der Waals surface area (Å²) in [6, 6.07) is 8.99. The van der Waals surface area contributed by atoms with Crippen molar-refractivity contribution in [2.24, 2.45) is 0 Å². The first kappa shape index (κ1) is 19.5. The van der Waals surface area contributed by atoms with E-state index in [0.717, 1.165) is 11.4 Å². The molecule has 0 bridgehead atoms. The van der Waals surface area contributed by atoms with Crippen molar-refractivity contribution in [3.05, 3.63) is 41.7 Å². The molecule has 0 saturated heterocycles. The summed E-state index contributed by atoms with van der Waals surface area (Å²) in [5.74, 6) is -0.272. The Kier molecular flexibility index (Phi) is 6.77. The van der Waals surface area contributed by atoms with Crippen LogP contribution in [0.15, 0.2) is 30.3 Å². The summed E-state index contributed by atoms with van der Waals surface area (Å²) < 4.78 is 7.33. The molecule has 1 amide bonds. The van der Waals surface area contributed by atoms with Gasteiger partial charge in [-0.25, -0.2) is 0 Å². The van der Waals surface area contributed by atoms with Gasteiger partial charge in [0, 0.05) is 24.2 Å². The van der Waals surface area contributed by atoms with Crippen LogP contribution >= 0.6 is 0 Å². The molecule has 0 aliphatic carbocycles. The van der Waals surface area contributed by atoms with Gasteiger partial charge in [-0.1, -0.05) is 0 Å². The Bertz CT molecular complexity index is 753. The SMILES string of the molecule is Cc1cc(C)n(C(C)CC(=O)Nc2ccc(OCCCC(=O)O)cc2)n1. The molecule has 1 unspecified atom stereocenters. The standard InChI is InChI=1S/C19H25N3O4/c1-13-11-14(2)22(21-13)15(3)12-18(23)20-16-6-8-17(9-7-16)26-10-4-5-19(24)25/h6-9,11,15H,4-5,10,12H2,1-3H3,(H,20,23)(H,24,25). The number of aromatic nitrogens is 2. The van der Waals surface area contributed by atoms with E-state index in [1.165, 1.54) is 0 Å². The maximum Gasteiger partial charge on any atom is 0.303 e. The third-order valence-corrected chi connectivity index (χ3v) is 3.88. The zero-order chi connectivity index (χ0) is 19.1. The maximum atomic E-state index is 12.2. The van der Waals surface area contributed by atoms with Crippen LogP contribution in [0.5, 0.6) is 5.75 Å². The number of carbonyl (C=O) groups excluding carboxylic acids is 1. The molecular formula is C19H25N3O4. The Balaban J connectivity index is 1.81. The second-order valence-corrected chi connectivity index (χ2v) is 6.34. The van der Waals surface area contributed by atoms with E-state index in [9.17, 15) is 9.59 Å². The van der Waals surface area contributed by atoms with E-state index in [1.54, 1.807) is 24.3 Å². The third-order valence-electron chi connectivity index (χ3n) is 3.88. The number of hydrogen-bond donors (Lipinski definition) is 2. The van der Waals surface area contributed by atoms with Crippen molar-refractivity contribution in [1.82, 2.24) is 9.78 Å². The summed E-state index contributed by atoms with van der Waals surface area (Å²) >= 11 is 0. The van der Waals surface area contributed by atoms with Crippen LogP contribution in [-0.4, -0.2) is 33.4 Å². The van der Waals surface area contributed by atoms with Crippen LogP contribution in [0.4, 0.5) is 5.69 Å². The van der Waals surface area contributed by atoms with Crippen molar-refractivity contribution in [2.75, 3.05) is 11.9 Å². The number of amides is 1. The minimum atomic E-state index is -0.832. The highest BCUT2D eigenvalue weighted by Gasteiger charge is 2.14. The lowest BCUT2D eigenvalue weighted by Crippen LogP contribution is -2.19. The van der Waals surface area contributed by atoms with E-state index in [0.29, 0.717) is 30.9 Å². The number of aryl methyl sites for hydroxylation is 2. The molecule has 0 spiro atoms. The van der Waals surface area contributed by atoms with Gasteiger partial charge in [-0.15, -0.1) is 0 Å². The highest BCUT2D eigenvalue weighted by atomic mass is 16.5. The van der Waals surface area contributed by atoms with E-state index in [1.807, 2.05) is 31.5 Å². The number of hydrogen-bond acceptors (Lipinski definition) is 4. The van der Waals surface area contributed by atoms with Crippen LogP contribution in [-0.2, 0) is 9.59 Å². The molecule has 140 valence electrons. The fourth-order valence-electron chi connectivity index (χ4n) is 2.71. The number of anilines is 1. The molecule has 0 aliphatic heterocycles. The van der Waals surface area contributed by atoms with Gasteiger partial charge in [0.2, 0.25) is 5.91 Å². The number of aliphatic carboxylic acids is 1. The van der Waals surface area contributed by atoms with E-state index in [2.05, 4.69) is 10.4 Å². The van der Waals surface area contributed by atoms with Crippen LogP contribution in [0.25, 0.3) is 0 Å². The number of nitrogens with zero attached hydrogens (tertiary/aromatic N) is 2. The first-order chi connectivity index (χ1) is 12.3. The first-order valence-corrected chi connectivity index (χ1v) is 8.62. The van der Waals surface area contributed by atoms with Crippen molar-refractivity contribution < 1.29 is 19.4 Å². The van der Waals surface area contributed by atoms with Gasteiger partial charge in [-0.3, -0.25) is 14.3 Å². The molecule has 1 atom stereocenters. The van der Waals surface area contributed by atoms with Crippen molar-refractivity contribution in [1.29, 1.82) is 0 Å². The van der Waals surface area contributed by atoms with Crippen LogP contribution in [0.1, 0.15) is 43.6 Å². The molecule has 1 aromatic carbocycles. The number of carbonyl (C=O) groups is 2. The predicted molar refractivity (Wildman–Crippen MR) is 98.5 cm³/mol. The topological polar surface area (TPSA) is 93.5 Å². The highest BCUT2D eigenvalue weighted by Crippen LogP contribution is 2.18. The zero-order valence-corrected chi connectivity index (χ0v) is 15.4. The predicted octanol–water partition coefficient (Wildman–Crippen LogP) is 3.33. The van der Waals surface area contributed by atoms with Gasteiger partial charge in [-0.2, -0.15) is 5.10 Å². The molecule has 0 aliphatic rings. The van der Waals surface area contributed by atoms with Gasteiger partial charge in [0.05, 0.1) is 18.3 Å². The molecule has 26 heavy (non-hydrogen) atoms. The quantitative estimate of drug-likeness (QED) is 0.670. The first-order valence-electron chi connectivity index (χ1n) is 8.62. The third kappa shape index (κ3) is 5.91. The second kappa shape index (κ2) is 9.03. The van der Waals surface area contributed by atoms with Crippen molar-refractivity contribution >= 4 is 17.6 Å². The van der Waals surface area contributed by atoms with E-state index < -0.39 is 5.97 Å². The number of rotatable bonds is 9. The van der Waals surface area contributed by atoms with Crippen molar-refractivity contribution in [3.63, 3.8) is 0 Å². The molecule has 2 rings (SSSR count). The molecule has 2 N–H and O–H groups in total. The lowest BCUT2D eigenvalue weighted by atomic mass is 10.2. The van der Waals surface area contributed by atoms with Crippen molar-refractivity contribution in [2.45, 2.75) is 46.1 Å². The van der Waals surface area contributed by atoms with Gasteiger partial charge >= 0.3 is 5.97 Å². The average Bonchev–Trinajstić information content (AvgIpc) is 2.91. The fraction of sp³-hybridized carbons (Fsp3) is 0.421. The zero-order valence-electron chi connectivity index (χ0n) is 15.4. The Morgan fingerprint density at radius 2 is 1.96 bits per heavy atom. The molecule has 1 heterocycles. The molecule has 2 aromatic rings. The highest BCUT2D eigenvalue weighted by molar-refractivity contribution is 5.91. The summed E-state index contributed by atoms with van der Waals surface area (Å²) in [6.07, 6.45) is 0.870. The Hall–Kier alpha value is -2.83. The van der Waals surface area contributed by atoms with Crippen LogP contribution in [0, 0.1) is 13.8 Å². The molecule has 7 heteroatoms. The Labute approximate surface area is 153 Å². The summed E-state index contributed by atoms with van der Waals surface area (Å²) in [7, 11) is 0. The lowest BCUT2D eigenvalue weighted by molar-refractivity contribution is -0.137. The monoisotopic (exact) mass is 359 g/mol. The Morgan fingerprint density at radius 3 is 2.54 bits per heavy atom. The molecule has 0 fully saturated rings. The van der Waals surface area contributed by atoms with Gasteiger partial charge < -0.3 is 15.2 Å². The second-order valence-electron chi connectivity index (χ2n) is 6.34.